The molecule has 0 unspecified atom stereocenters. The Kier molecular flexibility index (Phi) is 4.47. The van der Waals surface area contributed by atoms with Crippen molar-refractivity contribution in [1.29, 1.82) is 0 Å². The van der Waals surface area contributed by atoms with Crippen molar-refractivity contribution in [2.75, 3.05) is 0 Å². The maximum absolute atomic E-state index is 12.7. The average molecular weight is 319 g/mol. The first-order valence-electron chi connectivity index (χ1n) is 8.05. The highest BCUT2D eigenvalue weighted by Crippen LogP contribution is 2.19. The van der Waals surface area contributed by atoms with Gasteiger partial charge >= 0.3 is 0 Å². The van der Waals surface area contributed by atoms with Crippen LogP contribution in [0.1, 0.15) is 40.5 Å². The Hall–Kier alpha value is -2.88. The van der Waals surface area contributed by atoms with Gasteiger partial charge in [0.25, 0.3) is 5.91 Å². The zero-order valence-electron chi connectivity index (χ0n) is 14.2. The van der Waals surface area contributed by atoms with Crippen LogP contribution in [0, 0.1) is 13.8 Å². The number of amides is 1. The van der Waals surface area contributed by atoms with Crippen LogP contribution in [0.2, 0.25) is 0 Å². The van der Waals surface area contributed by atoms with Crippen LogP contribution in [-0.4, -0.2) is 15.5 Å². The monoisotopic (exact) mass is 319 g/mol. The number of hydrogen-bond acceptors (Lipinski definition) is 2. The van der Waals surface area contributed by atoms with E-state index in [1.807, 2.05) is 86.0 Å². The first-order valence-corrected chi connectivity index (χ1v) is 8.05. The van der Waals surface area contributed by atoms with E-state index < -0.39 is 0 Å². The predicted octanol–water partition coefficient (Wildman–Crippen LogP) is 3.98. The van der Waals surface area contributed by atoms with Gasteiger partial charge in [0, 0.05) is 5.69 Å². The summed E-state index contributed by atoms with van der Waals surface area (Å²) < 4.78 is 2.00. The molecule has 3 aromatic rings. The second-order valence-corrected chi connectivity index (χ2v) is 5.87. The molecule has 0 saturated heterocycles. The van der Waals surface area contributed by atoms with Crippen LogP contribution in [0.4, 0.5) is 0 Å². The molecule has 0 saturated carbocycles. The Balaban J connectivity index is 1.86. The van der Waals surface area contributed by atoms with E-state index in [1.54, 1.807) is 0 Å². The Morgan fingerprint density at radius 3 is 2.21 bits per heavy atom. The van der Waals surface area contributed by atoms with E-state index in [0.29, 0.717) is 5.69 Å². The number of carbonyl (C=O) groups is 1. The van der Waals surface area contributed by atoms with Gasteiger partial charge in [-0.15, -0.1) is 0 Å². The summed E-state index contributed by atoms with van der Waals surface area (Å²) in [7, 11) is 0. The molecule has 24 heavy (non-hydrogen) atoms. The highest BCUT2D eigenvalue weighted by Gasteiger charge is 2.20. The topological polar surface area (TPSA) is 46.9 Å². The van der Waals surface area contributed by atoms with Gasteiger partial charge < -0.3 is 9.88 Å². The SMILES string of the molecule is Cc1nc(C(=O)N[C@H](C)c2ccccc2)c(C)n1-c1ccccc1. The largest absolute Gasteiger partial charge is 0.344 e. The number of aryl methyl sites for hydroxylation is 1. The van der Waals surface area contributed by atoms with Crippen LogP contribution in [0.3, 0.4) is 0 Å². The van der Waals surface area contributed by atoms with E-state index >= 15 is 0 Å². The maximum atomic E-state index is 12.7. The fourth-order valence-electron chi connectivity index (χ4n) is 2.90. The van der Waals surface area contributed by atoms with E-state index in [0.717, 1.165) is 22.8 Å². The summed E-state index contributed by atoms with van der Waals surface area (Å²) in [5.74, 6) is 0.651. The van der Waals surface area contributed by atoms with Crippen LogP contribution in [0.5, 0.6) is 0 Å². The number of rotatable bonds is 4. The van der Waals surface area contributed by atoms with E-state index in [-0.39, 0.29) is 11.9 Å². The number of nitrogens with zero attached hydrogens (tertiary/aromatic N) is 2. The van der Waals surface area contributed by atoms with Crippen molar-refractivity contribution in [1.82, 2.24) is 14.9 Å². The third-order valence-corrected chi connectivity index (χ3v) is 4.15. The Labute approximate surface area is 142 Å². The molecule has 1 aromatic heterocycles. The zero-order valence-corrected chi connectivity index (χ0v) is 14.2. The number of carbonyl (C=O) groups excluding carboxylic acids is 1. The third kappa shape index (κ3) is 3.08. The van der Waals surface area contributed by atoms with Crippen molar-refractivity contribution in [2.24, 2.45) is 0 Å². The molecule has 0 aliphatic carbocycles. The van der Waals surface area contributed by atoms with E-state index in [2.05, 4.69) is 10.3 Å². The first-order chi connectivity index (χ1) is 11.6. The molecule has 122 valence electrons. The number of imidazole rings is 1. The lowest BCUT2D eigenvalue weighted by Crippen LogP contribution is -2.27. The molecule has 1 atom stereocenters. The molecule has 1 N–H and O–H groups in total. The second-order valence-electron chi connectivity index (χ2n) is 5.87. The summed E-state index contributed by atoms with van der Waals surface area (Å²) in [6, 6.07) is 19.8. The van der Waals surface area contributed by atoms with Crippen LogP contribution in [0.15, 0.2) is 60.7 Å². The van der Waals surface area contributed by atoms with Gasteiger partial charge in [0.05, 0.1) is 11.7 Å². The third-order valence-electron chi connectivity index (χ3n) is 4.15. The summed E-state index contributed by atoms with van der Waals surface area (Å²) in [6.07, 6.45) is 0. The van der Waals surface area contributed by atoms with Crippen molar-refractivity contribution in [3.05, 3.63) is 83.4 Å². The summed E-state index contributed by atoms with van der Waals surface area (Å²) in [6.45, 7) is 5.82. The molecule has 2 aromatic carbocycles. The molecule has 0 radical (unpaired) electrons. The van der Waals surface area contributed by atoms with Crippen LogP contribution < -0.4 is 5.32 Å². The van der Waals surface area contributed by atoms with E-state index in [1.165, 1.54) is 0 Å². The lowest BCUT2D eigenvalue weighted by atomic mass is 10.1. The standard InChI is InChI=1S/C20H21N3O/c1-14(17-10-6-4-7-11-17)21-20(24)19-15(2)23(16(3)22-19)18-12-8-5-9-13-18/h4-14H,1-3H3,(H,21,24)/t14-/m1/s1. The van der Waals surface area contributed by atoms with E-state index in [4.69, 9.17) is 0 Å². The molecule has 3 rings (SSSR count). The van der Waals surface area contributed by atoms with Gasteiger partial charge in [-0.1, -0.05) is 48.5 Å². The molecule has 4 heteroatoms. The van der Waals surface area contributed by atoms with Crippen LogP contribution in [-0.2, 0) is 0 Å². The molecular formula is C20H21N3O. The van der Waals surface area contributed by atoms with Crippen molar-refractivity contribution in [2.45, 2.75) is 26.8 Å². The Bertz CT molecular complexity index is 838. The predicted molar refractivity (Wildman–Crippen MR) is 95.4 cm³/mol. The molecule has 0 aliphatic rings. The van der Waals surface area contributed by atoms with Gasteiger partial charge in [-0.2, -0.15) is 0 Å². The fourth-order valence-corrected chi connectivity index (χ4v) is 2.90. The summed E-state index contributed by atoms with van der Waals surface area (Å²) >= 11 is 0. The fraction of sp³-hybridized carbons (Fsp3) is 0.200. The Morgan fingerprint density at radius 1 is 1.00 bits per heavy atom. The number of benzene rings is 2. The van der Waals surface area contributed by atoms with Gasteiger partial charge in [-0.3, -0.25) is 4.79 Å². The molecule has 4 nitrogen and oxygen atoms in total. The molecule has 1 heterocycles. The normalized spacial score (nSPS) is 12.0. The van der Waals surface area contributed by atoms with Crippen LogP contribution >= 0.6 is 0 Å². The van der Waals surface area contributed by atoms with Gasteiger partial charge in [-0.25, -0.2) is 4.98 Å². The van der Waals surface area contributed by atoms with Gasteiger partial charge in [0.2, 0.25) is 0 Å². The maximum Gasteiger partial charge on any atom is 0.272 e. The van der Waals surface area contributed by atoms with E-state index in [9.17, 15) is 4.79 Å². The van der Waals surface area contributed by atoms with Crippen molar-refractivity contribution in [3.8, 4) is 5.69 Å². The minimum atomic E-state index is -0.151. The lowest BCUT2D eigenvalue weighted by Gasteiger charge is -2.14. The van der Waals surface area contributed by atoms with Gasteiger partial charge in [-0.05, 0) is 38.5 Å². The second kappa shape index (κ2) is 6.71. The Morgan fingerprint density at radius 2 is 1.58 bits per heavy atom. The summed E-state index contributed by atoms with van der Waals surface area (Å²) in [5.41, 5.74) is 3.40. The van der Waals surface area contributed by atoms with Crippen molar-refractivity contribution in [3.63, 3.8) is 0 Å². The van der Waals surface area contributed by atoms with Crippen LogP contribution in [0.25, 0.3) is 5.69 Å². The number of nitrogens with one attached hydrogen (secondary N) is 1. The van der Waals surface area contributed by atoms with Gasteiger partial charge in [0.15, 0.2) is 0 Å². The lowest BCUT2D eigenvalue weighted by molar-refractivity contribution is 0.0934. The molecule has 0 spiro atoms. The van der Waals surface area contributed by atoms with Gasteiger partial charge in [0.1, 0.15) is 11.5 Å². The number of para-hydroxylation sites is 1. The van der Waals surface area contributed by atoms with Crippen molar-refractivity contribution < 1.29 is 4.79 Å². The summed E-state index contributed by atoms with van der Waals surface area (Å²) in [5, 5.41) is 3.03. The average Bonchev–Trinajstić information content (AvgIpc) is 2.91. The molecule has 1 amide bonds. The zero-order chi connectivity index (χ0) is 17.1. The minimum absolute atomic E-state index is 0.0692. The number of hydrogen-bond donors (Lipinski definition) is 1. The molecule has 0 bridgehead atoms. The molecule has 0 aliphatic heterocycles. The summed E-state index contributed by atoms with van der Waals surface area (Å²) in [4.78, 5) is 17.1. The molecular weight excluding hydrogens is 298 g/mol. The smallest absolute Gasteiger partial charge is 0.272 e. The quantitative estimate of drug-likeness (QED) is 0.790. The minimum Gasteiger partial charge on any atom is -0.344 e. The molecule has 0 fully saturated rings. The number of aromatic nitrogens is 2. The first kappa shape index (κ1) is 16.0. The highest BCUT2D eigenvalue weighted by molar-refractivity contribution is 5.94. The van der Waals surface area contributed by atoms with Crippen molar-refractivity contribution >= 4 is 5.91 Å². The highest BCUT2D eigenvalue weighted by atomic mass is 16.2.